The summed E-state index contributed by atoms with van der Waals surface area (Å²) in [6.07, 6.45) is 4.43. The summed E-state index contributed by atoms with van der Waals surface area (Å²) in [6, 6.07) is 12.4. The second-order valence-corrected chi connectivity index (χ2v) is 5.99. The van der Waals surface area contributed by atoms with Crippen molar-refractivity contribution in [1.82, 2.24) is 9.88 Å². The van der Waals surface area contributed by atoms with Gasteiger partial charge in [-0.15, -0.1) is 0 Å². The third-order valence-electron chi connectivity index (χ3n) is 4.32. The molecule has 25 heavy (non-hydrogen) atoms. The van der Waals surface area contributed by atoms with Crippen molar-refractivity contribution in [3.63, 3.8) is 0 Å². The molecule has 0 atom stereocenters. The maximum atomic E-state index is 12.4. The van der Waals surface area contributed by atoms with Crippen molar-refractivity contribution < 1.29 is 9.59 Å². The number of carbonyl (C=O) groups excluding carboxylic acids is 2. The van der Waals surface area contributed by atoms with E-state index >= 15 is 0 Å². The fraction of sp³-hybridized carbons (Fsp3) is 0.263. The summed E-state index contributed by atoms with van der Waals surface area (Å²) >= 11 is 0. The second-order valence-electron chi connectivity index (χ2n) is 5.99. The predicted octanol–water partition coefficient (Wildman–Crippen LogP) is 2.44. The summed E-state index contributed by atoms with van der Waals surface area (Å²) in [4.78, 5) is 30.5. The Bertz CT molecular complexity index is 806. The van der Waals surface area contributed by atoms with E-state index in [0.717, 1.165) is 0 Å². The summed E-state index contributed by atoms with van der Waals surface area (Å²) in [5.74, 6) is -0.249. The van der Waals surface area contributed by atoms with Crippen molar-refractivity contribution in [2.24, 2.45) is 5.92 Å². The van der Waals surface area contributed by atoms with Crippen LogP contribution in [-0.2, 0) is 4.79 Å². The van der Waals surface area contributed by atoms with E-state index in [1.165, 1.54) is 0 Å². The first-order valence-corrected chi connectivity index (χ1v) is 8.17. The molecule has 126 valence electrons. The normalized spacial score (nSPS) is 14.6. The number of carbonyl (C=O) groups is 2. The van der Waals surface area contributed by atoms with Crippen molar-refractivity contribution >= 4 is 17.5 Å². The lowest BCUT2D eigenvalue weighted by Gasteiger charge is -2.31. The molecule has 6 heteroatoms. The van der Waals surface area contributed by atoms with Crippen LogP contribution in [0.5, 0.6) is 0 Å². The van der Waals surface area contributed by atoms with Gasteiger partial charge in [0, 0.05) is 37.1 Å². The fourth-order valence-electron chi connectivity index (χ4n) is 2.93. The van der Waals surface area contributed by atoms with Crippen LogP contribution in [0.15, 0.2) is 48.8 Å². The Balaban J connectivity index is 1.56. The van der Waals surface area contributed by atoms with E-state index < -0.39 is 0 Å². The van der Waals surface area contributed by atoms with Gasteiger partial charge in [-0.2, -0.15) is 5.26 Å². The Hall–Kier alpha value is -3.20. The maximum Gasteiger partial charge on any atom is 0.255 e. The van der Waals surface area contributed by atoms with E-state index in [1.807, 2.05) is 0 Å². The molecular formula is C19H18N4O2. The van der Waals surface area contributed by atoms with Crippen molar-refractivity contribution in [1.29, 1.82) is 5.26 Å². The van der Waals surface area contributed by atoms with Crippen molar-refractivity contribution in [3.8, 4) is 6.07 Å². The third kappa shape index (κ3) is 4.01. The van der Waals surface area contributed by atoms with Crippen LogP contribution in [0.3, 0.4) is 0 Å². The van der Waals surface area contributed by atoms with E-state index in [-0.39, 0.29) is 17.7 Å². The van der Waals surface area contributed by atoms with Gasteiger partial charge in [0.1, 0.15) is 0 Å². The molecule has 1 fully saturated rings. The number of nitrogens with zero attached hydrogens (tertiary/aromatic N) is 3. The SMILES string of the molecule is N#Cc1cccc(NC(=O)C2CCN(C(=O)c3cccnc3)CC2)c1. The number of rotatable bonds is 3. The molecule has 2 heterocycles. The molecule has 0 radical (unpaired) electrons. The minimum absolute atomic E-state index is 0.0475. The summed E-state index contributed by atoms with van der Waals surface area (Å²) in [6.45, 7) is 1.09. The molecule has 6 nitrogen and oxygen atoms in total. The molecule has 0 bridgehead atoms. The summed E-state index contributed by atoms with van der Waals surface area (Å²) < 4.78 is 0. The molecule has 1 saturated heterocycles. The molecule has 0 unspecified atom stereocenters. The highest BCUT2D eigenvalue weighted by molar-refractivity contribution is 5.95. The number of anilines is 1. The number of benzene rings is 1. The van der Waals surface area contributed by atoms with Crippen LogP contribution in [0.2, 0.25) is 0 Å². The molecular weight excluding hydrogens is 316 g/mol. The zero-order valence-electron chi connectivity index (χ0n) is 13.7. The van der Waals surface area contributed by atoms with Gasteiger partial charge < -0.3 is 10.2 Å². The molecule has 0 aliphatic carbocycles. The standard InChI is InChI=1S/C19H18N4O2/c20-12-14-3-1-5-17(11-14)22-18(24)15-6-9-23(10-7-15)19(25)16-4-2-8-21-13-16/h1-5,8,11,13,15H,6-7,9-10H2,(H,22,24). The molecule has 1 aliphatic heterocycles. The van der Waals surface area contributed by atoms with Gasteiger partial charge in [-0.3, -0.25) is 14.6 Å². The molecule has 1 aromatic heterocycles. The zero-order valence-corrected chi connectivity index (χ0v) is 13.7. The van der Waals surface area contributed by atoms with Gasteiger partial charge in [0.05, 0.1) is 17.2 Å². The number of piperidine rings is 1. The Morgan fingerprint density at radius 1 is 1.20 bits per heavy atom. The van der Waals surface area contributed by atoms with E-state index in [0.29, 0.717) is 42.7 Å². The first kappa shape index (κ1) is 16.7. The fourth-order valence-corrected chi connectivity index (χ4v) is 2.93. The first-order chi connectivity index (χ1) is 12.2. The van der Waals surface area contributed by atoms with E-state index in [9.17, 15) is 9.59 Å². The maximum absolute atomic E-state index is 12.4. The predicted molar refractivity (Wildman–Crippen MR) is 92.7 cm³/mol. The van der Waals surface area contributed by atoms with E-state index in [2.05, 4.69) is 16.4 Å². The minimum atomic E-state index is -0.135. The number of aromatic nitrogens is 1. The molecule has 0 saturated carbocycles. The Morgan fingerprint density at radius 3 is 2.68 bits per heavy atom. The number of pyridine rings is 1. The topological polar surface area (TPSA) is 86.1 Å². The summed E-state index contributed by atoms with van der Waals surface area (Å²) in [7, 11) is 0. The number of likely N-dealkylation sites (tertiary alicyclic amines) is 1. The van der Waals surface area contributed by atoms with Gasteiger partial charge in [0.15, 0.2) is 0 Å². The quantitative estimate of drug-likeness (QED) is 0.934. The summed E-state index contributed by atoms with van der Waals surface area (Å²) in [5.41, 5.74) is 1.70. The lowest BCUT2D eigenvalue weighted by molar-refractivity contribution is -0.121. The summed E-state index contributed by atoms with van der Waals surface area (Å²) in [5, 5.41) is 11.8. The van der Waals surface area contributed by atoms with Gasteiger partial charge in [-0.05, 0) is 43.2 Å². The Morgan fingerprint density at radius 2 is 2.00 bits per heavy atom. The van der Waals surface area contributed by atoms with Gasteiger partial charge >= 0.3 is 0 Å². The average Bonchev–Trinajstić information content (AvgIpc) is 2.68. The van der Waals surface area contributed by atoms with E-state index in [4.69, 9.17) is 5.26 Å². The molecule has 0 spiro atoms. The van der Waals surface area contributed by atoms with Crippen LogP contribution in [0, 0.1) is 17.2 Å². The average molecular weight is 334 g/mol. The first-order valence-electron chi connectivity index (χ1n) is 8.17. The number of hydrogen-bond acceptors (Lipinski definition) is 4. The highest BCUT2D eigenvalue weighted by Gasteiger charge is 2.27. The smallest absolute Gasteiger partial charge is 0.255 e. The van der Waals surface area contributed by atoms with Crippen LogP contribution in [0.25, 0.3) is 0 Å². The third-order valence-corrected chi connectivity index (χ3v) is 4.32. The highest BCUT2D eigenvalue weighted by Crippen LogP contribution is 2.21. The van der Waals surface area contributed by atoms with Crippen LogP contribution >= 0.6 is 0 Å². The van der Waals surface area contributed by atoms with Gasteiger partial charge in [0.25, 0.3) is 5.91 Å². The number of amides is 2. The number of nitriles is 1. The molecule has 1 aromatic carbocycles. The second kappa shape index (κ2) is 7.58. The molecule has 3 rings (SSSR count). The Labute approximate surface area is 146 Å². The van der Waals surface area contributed by atoms with Crippen molar-refractivity contribution in [3.05, 3.63) is 59.9 Å². The zero-order chi connectivity index (χ0) is 17.6. The van der Waals surface area contributed by atoms with Crippen LogP contribution in [0.1, 0.15) is 28.8 Å². The van der Waals surface area contributed by atoms with Crippen molar-refractivity contribution in [2.45, 2.75) is 12.8 Å². The largest absolute Gasteiger partial charge is 0.339 e. The monoisotopic (exact) mass is 334 g/mol. The van der Waals surface area contributed by atoms with Gasteiger partial charge in [-0.25, -0.2) is 0 Å². The molecule has 1 N–H and O–H groups in total. The molecule has 2 amide bonds. The minimum Gasteiger partial charge on any atom is -0.339 e. The van der Waals surface area contributed by atoms with Crippen molar-refractivity contribution in [2.75, 3.05) is 18.4 Å². The van der Waals surface area contributed by atoms with Crippen LogP contribution in [0.4, 0.5) is 5.69 Å². The van der Waals surface area contributed by atoms with Crippen LogP contribution in [-0.4, -0.2) is 34.8 Å². The lowest BCUT2D eigenvalue weighted by Crippen LogP contribution is -2.41. The molecule has 2 aromatic rings. The number of nitrogens with one attached hydrogen (secondary N) is 1. The Kier molecular flexibility index (Phi) is 5.05. The highest BCUT2D eigenvalue weighted by atomic mass is 16.2. The van der Waals surface area contributed by atoms with Gasteiger partial charge in [0.2, 0.25) is 5.91 Å². The lowest BCUT2D eigenvalue weighted by atomic mass is 9.95. The number of hydrogen-bond donors (Lipinski definition) is 1. The van der Waals surface area contributed by atoms with Gasteiger partial charge in [-0.1, -0.05) is 6.07 Å². The van der Waals surface area contributed by atoms with Crippen LogP contribution < -0.4 is 5.32 Å². The van der Waals surface area contributed by atoms with E-state index in [1.54, 1.807) is 53.7 Å². The molecule has 1 aliphatic rings.